The molecule has 1 N–H and O–H groups in total. The van der Waals surface area contributed by atoms with Gasteiger partial charge in [0.25, 0.3) is 0 Å². The van der Waals surface area contributed by atoms with E-state index >= 15 is 0 Å². The summed E-state index contributed by atoms with van der Waals surface area (Å²) in [4.78, 5) is 7.21. The molecule has 0 aliphatic heterocycles. The van der Waals surface area contributed by atoms with Crippen LogP contribution in [0.25, 0.3) is 11.0 Å². The van der Waals surface area contributed by atoms with Crippen molar-refractivity contribution < 1.29 is 4.39 Å². The predicted molar refractivity (Wildman–Crippen MR) is 68.3 cm³/mol. The van der Waals surface area contributed by atoms with Gasteiger partial charge < -0.3 is 9.55 Å². The Morgan fingerprint density at radius 1 is 1.47 bits per heavy atom. The monoisotopic (exact) mass is 265 g/mol. The third-order valence-electron chi connectivity index (χ3n) is 2.54. The van der Waals surface area contributed by atoms with Crippen molar-refractivity contribution in [2.45, 2.75) is 6.54 Å². The number of rotatable bonds is 2. The molecule has 86 valence electrons. The molecule has 1 aromatic carbocycles. The Kier molecular flexibility index (Phi) is 2.53. The molecule has 3 nitrogen and oxygen atoms in total. The maximum absolute atomic E-state index is 13.1. The number of fused-ring (bicyclic) bond motifs is 1. The van der Waals surface area contributed by atoms with E-state index in [0.717, 1.165) is 11.2 Å². The first-order valence-corrected chi connectivity index (χ1v) is 6.34. The summed E-state index contributed by atoms with van der Waals surface area (Å²) in [7, 11) is 0. The molecule has 0 unspecified atom stereocenters. The molecular formula is C11H8FN3S2. The Morgan fingerprint density at radius 3 is 3.12 bits per heavy atom. The van der Waals surface area contributed by atoms with Crippen molar-refractivity contribution in [2.24, 2.45) is 0 Å². The number of benzene rings is 1. The number of nitrogens with one attached hydrogen (secondary N) is 1. The van der Waals surface area contributed by atoms with Crippen LogP contribution in [0.2, 0.25) is 0 Å². The normalized spacial score (nSPS) is 11.1. The van der Waals surface area contributed by atoms with Crippen LogP contribution in [0.4, 0.5) is 4.39 Å². The zero-order valence-electron chi connectivity index (χ0n) is 8.68. The van der Waals surface area contributed by atoms with Crippen LogP contribution in [-0.2, 0) is 6.54 Å². The van der Waals surface area contributed by atoms with Crippen LogP contribution in [0.3, 0.4) is 0 Å². The number of imidazole rings is 1. The van der Waals surface area contributed by atoms with Crippen molar-refractivity contribution in [3.8, 4) is 0 Å². The van der Waals surface area contributed by atoms with E-state index in [0.29, 0.717) is 16.8 Å². The quantitative estimate of drug-likeness (QED) is 0.721. The van der Waals surface area contributed by atoms with Crippen molar-refractivity contribution in [1.29, 1.82) is 0 Å². The van der Waals surface area contributed by atoms with Gasteiger partial charge in [-0.25, -0.2) is 9.37 Å². The van der Waals surface area contributed by atoms with Gasteiger partial charge in [-0.1, -0.05) is 0 Å². The van der Waals surface area contributed by atoms with Gasteiger partial charge in [-0.05, 0) is 30.4 Å². The fraction of sp³-hybridized carbons (Fsp3) is 0.0909. The highest BCUT2D eigenvalue weighted by Crippen LogP contribution is 2.17. The van der Waals surface area contributed by atoms with Crippen LogP contribution in [0.15, 0.2) is 29.1 Å². The fourth-order valence-electron chi connectivity index (χ4n) is 1.77. The highest BCUT2D eigenvalue weighted by atomic mass is 32.1. The maximum atomic E-state index is 13.1. The Hall–Kier alpha value is -1.53. The van der Waals surface area contributed by atoms with Gasteiger partial charge in [0.1, 0.15) is 5.82 Å². The third-order valence-corrected chi connectivity index (χ3v) is 3.50. The minimum Gasteiger partial charge on any atom is -0.330 e. The van der Waals surface area contributed by atoms with E-state index in [-0.39, 0.29) is 5.82 Å². The zero-order valence-corrected chi connectivity index (χ0v) is 10.3. The molecule has 3 aromatic rings. The van der Waals surface area contributed by atoms with Crippen LogP contribution < -0.4 is 0 Å². The number of nitrogens with zero attached hydrogens (tertiary/aromatic N) is 2. The lowest BCUT2D eigenvalue weighted by Crippen LogP contribution is -1.99. The van der Waals surface area contributed by atoms with E-state index in [1.807, 2.05) is 9.95 Å². The average molecular weight is 265 g/mol. The molecule has 0 saturated heterocycles. The van der Waals surface area contributed by atoms with Gasteiger partial charge in [0.15, 0.2) is 4.77 Å². The molecule has 2 aromatic heterocycles. The molecule has 0 spiro atoms. The summed E-state index contributed by atoms with van der Waals surface area (Å²) in [6, 6.07) is 4.61. The molecule has 3 rings (SSSR count). The van der Waals surface area contributed by atoms with Crippen LogP contribution in [-0.4, -0.2) is 14.5 Å². The molecule has 17 heavy (non-hydrogen) atoms. The second kappa shape index (κ2) is 4.05. The van der Waals surface area contributed by atoms with Gasteiger partial charge in [-0.3, -0.25) is 0 Å². The molecule has 0 fully saturated rings. The molecule has 0 radical (unpaired) electrons. The maximum Gasteiger partial charge on any atom is 0.178 e. The molecule has 2 heterocycles. The molecule has 0 bridgehead atoms. The van der Waals surface area contributed by atoms with Crippen molar-refractivity contribution in [1.82, 2.24) is 14.5 Å². The first kappa shape index (κ1) is 10.6. The minimum atomic E-state index is -0.269. The standard InChI is InChI=1S/C11H8FN3S2/c12-7-1-2-10-9(3-7)14-11(16)15(10)4-8-5-17-6-13-8/h1-3,5-6H,4H2,(H,14,16). The van der Waals surface area contributed by atoms with Crippen molar-refractivity contribution in [2.75, 3.05) is 0 Å². The largest absolute Gasteiger partial charge is 0.330 e. The molecule has 0 atom stereocenters. The fourth-order valence-corrected chi connectivity index (χ4v) is 2.59. The van der Waals surface area contributed by atoms with E-state index in [1.165, 1.54) is 12.1 Å². The van der Waals surface area contributed by atoms with Crippen LogP contribution in [0.1, 0.15) is 5.69 Å². The first-order chi connectivity index (χ1) is 8.24. The van der Waals surface area contributed by atoms with E-state index in [9.17, 15) is 4.39 Å². The number of hydrogen-bond acceptors (Lipinski definition) is 3. The highest BCUT2D eigenvalue weighted by Gasteiger charge is 2.06. The Morgan fingerprint density at radius 2 is 2.35 bits per heavy atom. The topological polar surface area (TPSA) is 33.6 Å². The van der Waals surface area contributed by atoms with Crippen molar-refractivity contribution >= 4 is 34.6 Å². The molecule has 6 heteroatoms. The summed E-state index contributed by atoms with van der Waals surface area (Å²) in [5.74, 6) is -0.269. The Bertz CT molecular complexity index is 712. The summed E-state index contributed by atoms with van der Waals surface area (Å²) >= 11 is 6.78. The molecular weight excluding hydrogens is 257 g/mol. The highest BCUT2D eigenvalue weighted by molar-refractivity contribution is 7.71. The molecule has 0 aliphatic rings. The van der Waals surface area contributed by atoms with Gasteiger partial charge in [-0.2, -0.15) is 0 Å². The van der Waals surface area contributed by atoms with Gasteiger partial charge >= 0.3 is 0 Å². The lowest BCUT2D eigenvalue weighted by molar-refractivity contribution is 0.629. The van der Waals surface area contributed by atoms with Crippen LogP contribution in [0.5, 0.6) is 0 Å². The van der Waals surface area contributed by atoms with Gasteiger partial charge in [0.05, 0.1) is 28.8 Å². The second-order valence-electron chi connectivity index (χ2n) is 3.66. The number of hydrogen-bond donors (Lipinski definition) is 1. The smallest absolute Gasteiger partial charge is 0.178 e. The van der Waals surface area contributed by atoms with Gasteiger partial charge in [0, 0.05) is 5.38 Å². The summed E-state index contributed by atoms with van der Waals surface area (Å²) in [5.41, 5.74) is 4.35. The van der Waals surface area contributed by atoms with E-state index in [1.54, 1.807) is 22.9 Å². The van der Waals surface area contributed by atoms with Crippen LogP contribution >= 0.6 is 23.6 Å². The third kappa shape index (κ3) is 1.89. The predicted octanol–water partition coefficient (Wildman–Crippen LogP) is 3.34. The lowest BCUT2D eigenvalue weighted by Gasteiger charge is -2.01. The summed E-state index contributed by atoms with van der Waals surface area (Å²) in [6.45, 7) is 0.605. The molecule has 0 amide bonds. The lowest BCUT2D eigenvalue weighted by atomic mass is 10.3. The number of thiazole rings is 1. The van der Waals surface area contributed by atoms with Crippen molar-refractivity contribution in [3.63, 3.8) is 0 Å². The van der Waals surface area contributed by atoms with E-state index in [4.69, 9.17) is 12.2 Å². The number of aromatic nitrogens is 3. The SMILES string of the molecule is Fc1ccc2c(c1)[nH]c(=S)n2Cc1cscn1. The molecule has 0 aliphatic carbocycles. The Labute approximate surface area is 106 Å². The van der Waals surface area contributed by atoms with E-state index in [2.05, 4.69) is 9.97 Å². The zero-order chi connectivity index (χ0) is 11.8. The van der Waals surface area contributed by atoms with E-state index < -0.39 is 0 Å². The molecule has 0 saturated carbocycles. The summed E-state index contributed by atoms with van der Waals surface area (Å²) < 4.78 is 15.6. The van der Waals surface area contributed by atoms with Gasteiger partial charge in [0.2, 0.25) is 0 Å². The van der Waals surface area contributed by atoms with Gasteiger partial charge in [-0.15, -0.1) is 11.3 Å². The minimum absolute atomic E-state index is 0.269. The number of H-pyrrole nitrogens is 1. The van der Waals surface area contributed by atoms with Crippen LogP contribution in [0, 0.1) is 10.6 Å². The number of halogens is 1. The summed E-state index contributed by atoms with van der Waals surface area (Å²) in [5, 5.41) is 1.98. The number of aromatic amines is 1. The second-order valence-corrected chi connectivity index (χ2v) is 4.76. The summed E-state index contributed by atoms with van der Waals surface area (Å²) in [6.07, 6.45) is 0. The Balaban J connectivity index is 2.16. The average Bonchev–Trinajstić information content (AvgIpc) is 2.88. The first-order valence-electron chi connectivity index (χ1n) is 4.99. The van der Waals surface area contributed by atoms with Crippen molar-refractivity contribution in [3.05, 3.63) is 45.4 Å².